The molecule has 0 amide bonds. The Bertz CT molecular complexity index is 525. The Kier molecular flexibility index (Phi) is 4.78. The van der Waals surface area contributed by atoms with Crippen molar-refractivity contribution in [1.82, 2.24) is 18.8 Å². The Morgan fingerprint density at radius 1 is 1.47 bits per heavy atom. The number of halogens is 1. The summed E-state index contributed by atoms with van der Waals surface area (Å²) in [5.41, 5.74) is 0.791. The fourth-order valence-electron chi connectivity index (χ4n) is 2.27. The number of piperidine rings is 1. The number of sulfonamides is 1. The lowest BCUT2D eigenvalue weighted by Gasteiger charge is -2.35. The minimum atomic E-state index is -3.06. The highest BCUT2D eigenvalue weighted by Gasteiger charge is 2.27. The van der Waals surface area contributed by atoms with Gasteiger partial charge < -0.3 is 0 Å². The van der Waals surface area contributed by atoms with Crippen LogP contribution in [0.25, 0.3) is 0 Å². The fourth-order valence-corrected chi connectivity index (χ4v) is 3.76. The predicted molar refractivity (Wildman–Crippen MR) is 75.8 cm³/mol. The minimum Gasteiger partial charge on any atom is -0.297 e. The van der Waals surface area contributed by atoms with E-state index in [9.17, 15) is 8.42 Å². The highest BCUT2D eigenvalue weighted by atomic mass is 35.5. The SMILES string of the molecule is CN(Cc1nnsc1Cl)C1CCN(S(C)(=O)=O)CC1. The molecular weight excluding hydrogens is 308 g/mol. The maximum absolute atomic E-state index is 11.4. The highest BCUT2D eigenvalue weighted by molar-refractivity contribution is 7.88. The van der Waals surface area contributed by atoms with E-state index in [0.29, 0.717) is 30.0 Å². The van der Waals surface area contributed by atoms with Gasteiger partial charge in [-0.25, -0.2) is 12.7 Å². The predicted octanol–water partition coefficient (Wildman–Crippen LogP) is 1.05. The molecule has 0 saturated carbocycles. The van der Waals surface area contributed by atoms with Crippen LogP contribution in [-0.4, -0.2) is 59.6 Å². The maximum Gasteiger partial charge on any atom is 0.211 e. The second-order valence-electron chi connectivity index (χ2n) is 4.80. The molecule has 9 heteroatoms. The number of hydrogen-bond acceptors (Lipinski definition) is 6. The van der Waals surface area contributed by atoms with Crippen molar-refractivity contribution in [3.63, 3.8) is 0 Å². The zero-order chi connectivity index (χ0) is 14.0. The Balaban J connectivity index is 1.89. The molecule has 0 aromatic carbocycles. The zero-order valence-corrected chi connectivity index (χ0v) is 13.3. The fraction of sp³-hybridized carbons (Fsp3) is 0.800. The summed E-state index contributed by atoms with van der Waals surface area (Å²) in [6.07, 6.45) is 2.93. The van der Waals surface area contributed by atoms with Crippen LogP contribution in [-0.2, 0) is 16.6 Å². The van der Waals surface area contributed by atoms with Gasteiger partial charge in [0, 0.05) is 37.2 Å². The summed E-state index contributed by atoms with van der Waals surface area (Å²) >= 11 is 7.17. The van der Waals surface area contributed by atoms with Crippen molar-refractivity contribution >= 4 is 33.2 Å². The Hall–Kier alpha value is -0.280. The van der Waals surface area contributed by atoms with Crippen LogP contribution >= 0.6 is 23.1 Å². The van der Waals surface area contributed by atoms with Crippen LogP contribution < -0.4 is 0 Å². The van der Waals surface area contributed by atoms with Crippen molar-refractivity contribution in [2.45, 2.75) is 25.4 Å². The molecule has 2 heterocycles. The van der Waals surface area contributed by atoms with E-state index >= 15 is 0 Å². The molecule has 1 aromatic heterocycles. The van der Waals surface area contributed by atoms with Crippen molar-refractivity contribution in [2.75, 3.05) is 26.4 Å². The first-order chi connectivity index (χ1) is 8.88. The number of rotatable bonds is 4. The molecule has 0 spiro atoms. The van der Waals surface area contributed by atoms with Crippen molar-refractivity contribution < 1.29 is 8.42 Å². The first kappa shape index (κ1) is 15.1. The van der Waals surface area contributed by atoms with Gasteiger partial charge in [0.1, 0.15) is 10.0 Å². The molecule has 1 saturated heterocycles. The lowest BCUT2D eigenvalue weighted by atomic mass is 10.1. The number of nitrogens with zero attached hydrogens (tertiary/aromatic N) is 4. The van der Waals surface area contributed by atoms with E-state index in [1.54, 1.807) is 0 Å². The van der Waals surface area contributed by atoms with Gasteiger partial charge in [0.15, 0.2) is 0 Å². The van der Waals surface area contributed by atoms with Crippen LogP contribution in [0.5, 0.6) is 0 Å². The standard InChI is InChI=1S/C10H17ClN4O2S2/c1-14(7-9-10(11)18-13-12-9)8-3-5-15(6-4-8)19(2,16)17/h8H,3-7H2,1-2H3. The maximum atomic E-state index is 11.4. The van der Waals surface area contributed by atoms with Gasteiger partial charge in [0.25, 0.3) is 0 Å². The molecule has 0 aliphatic carbocycles. The number of aromatic nitrogens is 2. The van der Waals surface area contributed by atoms with E-state index in [1.807, 2.05) is 7.05 Å². The minimum absolute atomic E-state index is 0.357. The van der Waals surface area contributed by atoms with E-state index < -0.39 is 10.0 Å². The largest absolute Gasteiger partial charge is 0.297 e. The Morgan fingerprint density at radius 3 is 2.58 bits per heavy atom. The summed E-state index contributed by atoms with van der Waals surface area (Å²) < 4.78 is 28.9. The van der Waals surface area contributed by atoms with Crippen LogP contribution in [0.3, 0.4) is 0 Å². The van der Waals surface area contributed by atoms with E-state index in [4.69, 9.17) is 11.6 Å². The average molecular weight is 325 g/mol. The lowest BCUT2D eigenvalue weighted by Crippen LogP contribution is -2.45. The molecule has 108 valence electrons. The monoisotopic (exact) mass is 324 g/mol. The summed E-state index contributed by atoms with van der Waals surface area (Å²) in [6.45, 7) is 1.81. The normalized spacial score (nSPS) is 19.2. The van der Waals surface area contributed by atoms with Crippen LogP contribution in [0.1, 0.15) is 18.5 Å². The third-order valence-corrected chi connectivity index (χ3v) is 5.71. The van der Waals surface area contributed by atoms with Crippen molar-refractivity contribution in [2.24, 2.45) is 0 Å². The van der Waals surface area contributed by atoms with E-state index in [1.165, 1.54) is 22.1 Å². The summed E-state index contributed by atoms with van der Waals surface area (Å²) in [4.78, 5) is 2.17. The van der Waals surface area contributed by atoms with Gasteiger partial charge in [0.2, 0.25) is 10.0 Å². The van der Waals surface area contributed by atoms with Gasteiger partial charge >= 0.3 is 0 Å². The molecule has 0 unspecified atom stereocenters. The molecule has 6 nitrogen and oxygen atoms in total. The molecule has 2 rings (SSSR count). The highest BCUT2D eigenvalue weighted by Crippen LogP contribution is 2.22. The summed E-state index contributed by atoms with van der Waals surface area (Å²) in [7, 11) is -1.05. The Labute approximate surface area is 122 Å². The molecule has 1 aliphatic heterocycles. The average Bonchev–Trinajstić information content (AvgIpc) is 2.74. The molecule has 0 bridgehead atoms. The summed E-state index contributed by atoms with van der Waals surface area (Å²) in [5.74, 6) is 0. The molecule has 0 N–H and O–H groups in total. The van der Waals surface area contributed by atoms with Gasteiger partial charge in [-0.2, -0.15) is 0 Å². The van der Waals surface area contributed by atoms with Gasteiger partial charge in [-0.05, 0) is 19.9 Å². The first-order valence-electron chi connectivity index (χ1n) is 6.00. The van der Waals surface area contributed by atoms with Crippen molar-refractivity contribution in [3.8, 4) is 0 Å². The second-order valence-corrected chi connectivity index (χ2v) is 8.14. The molecule has 1 aliphatic rings. The third kappa shape index (κ3) is 3.85. The molecule has 1 fully saturated rings. The molecule has 1 aromatic rings. The zero-order valence-electron chi connectivity index (χ0n) is 10.9. The van der Waals surface area contributed by atoms with Crippen LogP contribution in [0.4, 0.5) is 0 Å². The van der Waals surface area contributed by atoms with Crippen molar-refractivity contribution in [3.05, 3.63) is 10.0 Å². The van der Waals surface area contributed by atoms with Crippen LogP contribution in [0.2, 0.25) is 4.34 Å². The second kappa shape index (κ2) is 6.01. The molecule has 0 radical (unpaired) electrons. The van der Waals surface area contributed by atoms with E-state index in [-0.39, 0.29) is 0 Å². The summed E-state index contributed by atoms with van der Waals surface area (Å²) in [6, 6.07) is 0.357. The number of hydrogen-bond donors (Lipinski definition) is 0. The first-order valence-corrected chi connectivity index (χ1v) is 9.00. The van der Waals surface area contributed by atoms with Gasteiger partial charge in [0.05, 0.1) is 6.26 Å². The van der Waals surface area contributed by atoms with Crippen molar-refractivity contribution in [1.29, 1.82) is 0 Å². The lowest BCUT2D eigenvalue weighted by molar-refractivity contribution is 0.161. The summed E-state index contributed by atoms with van der Waals surface area (Å²) in [5, 5.41) is 3.99. The van der Waals surface area contributed by atoms with Gasteiger partial charge in [-0.1, -0.05) is 16.1 Å². The van der Waals surface area contributed by atoms with Gasteiger partial charge in [-0.15, -0.1) is 5.10 Å². The van der Waals surface area contributed by atoms with E-state index in [2.05, 4.69) is 14.5 Å². The van der Waals surface area contributed by atoms with Gasteiger partial charge in [-0.3, -0.25) is 4.90 Å². The van der Waals surface area contributed by atoms with Crippen LogP contribution in [0.15, 0.2) is 0 Å². The van der Waals surface area contributed by atoms with E-state index in [0.717, 1.165) is 18.5 Å². The Morgan fingerprint density at radius 2 is 2.11 bits per heavy atom. The van der Waals surface area contributed by atoms with Crippen LogP contribution in [0, 0.1) is 0 Å². The molecular formula is C10H17ClN4O2S2. The smallest absolute Gasteiger partial charge is 0.211 e. The topological polar surface area (TPSA) is 66.4 Å². The third-order valence-electron chi connectivity index (χ3n) is 3.42. The molecule has 19 heavy (non-hydrogen) atoms. The quantitative estimate of drug-likeness (QED) is 0.828. The molecule has 0 atom stereocenters.